The molecule has 3 unspecified atom stereocenters. The molecule has 0 aliphatic carbocycles. The van der Waals surface area contributed by atoms with Crippen LogP contribution in [0.4, 0.5) is 0 Å². The van der Waals surface area contributed by atoms with Crippen molar-refractivity contribution in [2.75, 3.05) is 19.8 Å². The first-order valence-electron chi connectivity index (χ1n) is 9.29. The maximum atomic E-state index is 13.3. The Labute approximate surface area is 172 Å². The molecule has 3 saturated heterocycles. The molecule has 27 heavy (non-hydrogen) atoms. The van der Waals surface area contributed by atoms with Crippen molar-refractivity contribution in [1.82, 2.24) is 10.2 Å². The average Bonchev–Trinajstić information content (AvgIpc) is 3.11. The number of hydrogen-bond acceptors (Lipinski definition) is 6. The molecule has 0 aromatic heterocycles. The van der Waals surface area contributed by atoms with E-state index >= 15 is 0 Å². The molecular formula is C18H27BrN2O5S. The smallest absolute Gasteiger partial charge is 0.310 e. The predicted molar refractivity (Wildman–Crippen MR) is 106 cm³/mol. The number of carbonyl (C=O) groups excluding carboxylic acids is 3. The number of fused-ring (bicyclic) bond motifs is 1. The number of thioether (sulfide) groups is 1. The summed E-state index contributed by atoms with van der Waals surface area (Å²) < 4.78 is 4.58. The first kappa shape index (κ1) is 20.9. The van der Waals surface area contributed by atoms with Gasteiger partial charge in [0.15, 0.2) is 0 Å². The van der Waals surface area contributed by atoms with Crippen molar-refractivity contribution in [2.24, 2.45) is 11.8 Å². The molecule has 3 rings (SSSR count). The summed E-state index contributed by atoms with van der Waals surface area (Å²) >= 11 is 5.23. The average molecular weight is 463 g/mol. The van der Waals surface area contributed by atoms with Gasteiger partial charge in [-0.05, 0) is 34.1 Å². The van der Waals surface area contributed by atoms with E-state index in [-0.39, 0.29) is 47.6 Å². The van der Waals surface area contributed by atoms with Crippen LogP contribution in [0.5, 0.6) is 0 Å². The summed E-state index contributed by atoms with van der Waals surface area (Å²) in [4.78, 5) is 40.6. The number of aliphatic hydroxyl groups excluding tert-OH is 1. The standard InChI is InChI=1S/C18H27BrN2O5S/c1-5-26-16(25)10-11-15(24)21(6-7-22)13(14(23)20-17(2,3)4)18(11)8-9(19)12(10)27-18/h9-13,22H,5-8H2,1-4H3,(H,20,23)/t9?,10-,11-,12-,13?,18?/m0/s1. The highest BCUT2D eigenvalue weighted by molar-refractivity contribution is 9.09. The molecule has 3 fully saturated rings. The minimum atomic E-state index is -0.712. The van der Waals surface area contributed by atoms with Gasteiger partial charge in [-0.3, -0.25) is 14.4 Å². The molecule has 2 N–H and O–H groups in total. The number of rotatable bonds is 5. The number of hydrogen-bond donors (Lipinski definition) is 2. The van der Waals surface area contributed by atoms with Crippen LogP contribution in [0.3, 0.4) is 0 Å². The van der Waals surface area contributed by atoms with Crippen LogP contribution in [-0.4, -0.2) is 74.0 Å². The molecule has 2 bridgehead atoms. The Morgan fingerprint density at radius 3 is 2.67 bits per heavy atom. The lowest BCUT2D eigenvalue weighted by molar-refractivity contribution is -0.153. The minimum absolute atomic E-state index is 0.0277. The summed E-state index contributed by atoms with van der Waals surface area (Å²) in [6, 6.07) is -0.712. The van der Waals surface area contributed by atoms with Gasteiger partial charge in [0, 0.05) is 22.2 Å². The fourth-order valence-electron chi connectivity index (χ4n) is 4.72. The second kappa shape index (κ2) is 7.22. The number of nitrogens with zero attached hydrogens (tertiary/aromatic N) is 1. The Morgan fingerprint density at radius 1 is 1.44 bits per heavy atom. The van der Waals surface area contributed by atoms with Crippen LogP contribution in [-0.2, 0) is 19.1 Å². The van der Waals surface area contributed by atoms with Gasteiger partial charge >= 0.3 is 5.97 Å². The van der Waals surface area contributed by atoms with E-state index < -0.39 is 28.2 Å². The summed E-state index contributed by atoms with van der Waals surface area (Å²) in [5, 5.41) is 12.4. The normalized spacial score (nSPS) is 37.5. The van der Waals surface area contributed by atoms with E-state index in [1.165, 1.54) is 4.90 Å². The highest BCUT2D eigenvalue weighted by atomic mass is 79.9. The van der Waals surface area contributed by atoms with E-state index in [4.69, 9.17) is 4.74 Å². The highest BCUT2D eigenvalue weighted by Crippen LogP contribution is 2.67. The van der Waals surface area contributed by atoms with E-state index in [1.54, 1.807) is 18.7 Å². The zero-order valence-electron chi connectivity index (χ0n) is 16.0. The van der Waals surface area contributed by atoms with E-state index in [0.717, 1.165) is 0 Å². The number of likely N-dealkylation sites (tertiary alicyclic amines) is 1. The number of aliphatic hydroxyl groups is 1. The van der Waals surface area contributed by atoms with Crippen LogP contribution in [0.15, 0.2) is 0 Å². The van der Waals surface area contributed by atoms with Crippen molar-refractivity contribution in [3.63, 3.8) is 0 Å². The number of esters is 1. The Kier molecular flexibility index (Phi) is 5.60. The first-order chi connectivity index (χ1) is 12.6. The summed E-state index contributed by atoms with van der Waals surface area (Å²) in [5.41, 5.74) is -0.449. The van der Waals surface area contributed by atoms with E-state index in [1.807, 2.05) is 20.8 Å². The maximum Gasteiger partial charge on any atom is 0.310 e. The number of amides is 2. The fourth-order valence-corrected chi connectivity index (χ4v) is 8.32. The molecule has 152 valence electrons. The van der Waals surface area contributed by atoms with Gasteiger partial charge in [0.2, 0.25) is 11.8 Å². The molecule has 0 aromatic carbocycles. The highest BCUT2D eigenvalue weighted by Gasteiger charge is 2.75. The molecule has 6 atom stereocenters. The molecule has 2 amide bonds. The Hall–Kier alpha value is -0.800. The summed E-state index contributed by atoms with van der Waals surface area (Å²) in [7, 11) is 0. The largest absolute Gasteiger partial charge is 0.466 e. The zero-order chi connectivity index (χ0) is 20.1. The third kappa shape index (κ3) is 3.29. The van der Waals surface area contributed by atoms with Gasteiger partial charge in [-0.15, -0.1) is 11.8 Å². The fraction of sp³-hybridized carbons (Fsp3) is 0.833. The van der Waals surface area contributed by atoms with Gasteiger partial charge < -0.3 is 20.1 Å². The van der Waals surface area contributed by atoms with Crippen molar-refractivity contribution in [2.45, 2.75) is 60.5 Å². The van der Waals surface area contributed by atoms with Crippen LogP contribution < -0.4 is 5.32 Å². The van der Waals surface area contributed by atoms with Crippen molar-refractivity contribution in [3.8, 4) is 0 Å². The van der Waals surface area contributed by atoms with Gasteiger partial charge in [0.1, 0.15) is 6.04 Å². The lowest BCUT2D eigenvalue weighted by atomic mass is 9.71. The van der Waals surface area contributed by atoms with E-state index in [9.17, 15) is 19.5 Å². The van der Waals surface area contributed by atoms with Crippen molar-refractivity contribution >= 4 is 45.5 Å². The number of ether oxygens (including phenoxy) is 1. The van der Waals surface area contributed by atoms with E-state index in [2.05, 4.69) is 21.2 Å². The molecule has 3 aliphatic heterocycles. The van der Waals surface area contributed by atoms with Gasteiger partial charge in [0.25, 0.3) is 0 Å². The molecule has 0 saturated carbocycles. The molecule has 7 nitrogen and oxygen atoms in total. The topological polar surface area (TPSA) is 95.9 Å². The predicted octanol–water partition coefficient (Wildman–Crippen LogP) is 0.921. The number of halogens is 1. The van der Waals surface area contributed by atoms with E-state index in [0.29, 0.717) is 6.42 Å². The molecule has 3 heterocycles. The second-order valence-electron chi connectivity index (χ2n) is 8.41. The lowest BCUT2D eigenvalue weighted by Crippen LogP contribution is -2.57. The van der Waals surface area contributed by atoms with Crippen molar-refractivity contribution in [3.05, 3.63) is 0 Å². The quantitative estimate of drug-likeness (QED) is 0.465. The monoisotopic (exact) mass is 462 g/mol. The third-order valence-corrected chi connectivity index (χ3v) is 8.66. The number of nitrogens with one attached hydrogen (secondary N) is 1. The summed E-state index contributed by atoms with van der Waals surface area (Å²) in [5.74, 6) is -2.01. The van der Waals surface area contributed by atoms with Crippen molar-refractivity contribution < 1.29 is 24.2 Å². The summed E-state index contributed by atoms with van der Waals surface area (Å²) in [6.07, 6.45) is 0.624. The molecule has 0 aromatic rings. The molecule has 3 aliphatic rings. The first-order valence-corrected chi connectivity index (χ1v) is 11.1. The summed E-state index contributed by atoms with van der Waals surface area (Å²) in [6.45, 7) is 7.51. The minimum Gasteiger partial charge on any atom is -0.466 e. The third-order valence-electron chi connectivity index (χ3n) is 5.44. The van der Waals surface area contributed by atoms with Crippen LogP contribution >= 0.6 is 27.7 Å². The van der Waals surface area contributed by atoms with Gasteiger partial charge in [-0.25, -0.2) is 0 Å². The van der Waals surface area contributed by atoms with Gasteiger partial charge in [0.05, 0.1) is 29.8 Å². The van der Waals surface area contributed by atoms with Crippen LogP contribution in [0, 0.1) is 11.8 Å². The number of carbonyl (C=O) groups is 3. The molecule has 0 radical (unpaired) electrons. The second-order valence-corrected chi connectivity index (χ2v) is 11.1. The Morgan fingerprint density at radius 2 is 2.11 bits per heavy atom. The molecular weight excluding hydrogens is 436 g/mol. The molecule has 1 spiro atoms. The molecule has 9 heteroatoms. The lowest BCUT2D eigenvalue weighted by Gasteiger charge is -2.36. The number of β-amino-alcohol motifs (C(OH)–C–C–N with tert-alkyl or cyclic N) is 1. The van der Waals surface area contributed by atoms with Gasteiger partial charge in [-0.2, -0.15) is 0 Å². The van der Waals surface area contributed by atoms with Gasteiger partial charge in [-0.1, -0.05) is 15.9 Å². The van der Waals surface area contributed by atoms with Crippen LogP contribution in [0.1, 0.15) is 34.1 Å². The number of alkyl halides is 1. The van der Waals surface area contributed by atoms with Crippen molar-refractivity contribution in [1.29, 1.82) is 0 Å². The van der Waals surface area contributed by atoms with Crippen LogP contribution in [0.25, 0.3) is 0 Å². The Bertz CT molecular complexity index is 654. The zero-order valence-corrected chi connectivity index (χ0v) is 18.4. The van der Waals surface area contributed by atoms with Crippen LogP contribution in [0.2, 0.25) is 0 Å². The SMILES string of the molecule is CCOC(=O)[C@H]1[C@H]2C(=O)N(CCO)C(C(=O)NC(C)(C)C)C23CC(Br)[C@@H]1S3. The maximum absolute atomic E-state index is 13.3. The Balaban J connectivity index is 2.02.